The quantitative estimate of drug-likeness (QED) is 0.224. The number of halogens is 1. The van der Waals surface area contributed by atoms with E-state index in [2.05, 4.69) is 20.9 Å². The van der Waals surface area contributed by atoms with Gasteiger partial charge in [0.05, 0.1) is 25.3 Å². The van der Waals surface area contributed by atoms with Crippen molar-refractivity contribution in [1.29, 1.82) is 0 Å². The summed E-state index contributed by atoms with van der Waals surface area (Å²) in [6, 6.07) is 16.9. The number of ether oxygens (including phenoxy) is 3. The van der Waals surface area contributed by atoms with Crippen molar-refractivity contribution in [2.75, 3.05) is 32.1 Å². The van der Waals surface area contributed by atoms with Crippen molar-refractivity contribution in [2.24, 2.45) is 5.92 Å². The first-order valence-electron chi connectivity index (χ1n) is 15.0. The Morgan fingerprint density at radius 3 is 2.61 bits per heavy atom. The molecule has 10 heteroatoms. The summed E-state index contributed by atoms with van der Waals surface area (Å²) in [5.41, 5.74) is 2.94. The maximum absolute atomic E-state index is 15.2. The van der Waals surface area contributed by atoms with Gasteiger partial charge in [-0.25, -0.2) is 4.39 Å². The lowest BCUT2D eigenvalue weighted by Gasteiger charge is -2.26. The second-order valence-electron chi connectivity index (χ2n) is 11.2. The van der Waals surface area contributed by atoms with E-state index in [0.717, 1.165) is 56.8 Å². The number of carbonyl (C=O) groups excluding carboxylic acids is 2. The largest absolute Gasteiger partial charge is 0.493 e. The smallest absolute Gasteiger partial charge is 0.313 e. The Kier molecular flexibility index (Phi) is 8.88. The van der Waals surface area contributed by atoms with Crippen LogP contribution in [0.15, 0.2) is 66.9 Å². The van der Waals surface area contributed by atoms with Gasteiger partial charge in [0.2, 0.25) is 0 Å². The first-order chi connectivity index (χ1) is 21.5. The first-order valence-corrected chi connectivity index (χ1v) is 15.0. The third-order valence-electron chi connectivity index (χ3n) is 8.21. The zero-order valence-electron chi connectivity index (χ0n) is 24.5. The van der Waals surface area contributed by atoms with Crippen molar-refractivity contribution in [1.82, 2.24) is 15.6 Å². The molecule has 1 aliphatic carbocycles. The number of fused-ring (bicyclic) bond motifs is 2. The molecule has 228 valence electrons. The monoisotopic (exact) mass is 598 g/mol. The van der Waals surface area contributed by atoms with Crippen LogP contribution in [0, 0.1) is 11.7 Å². The van der Waals surface area contributed by atoms with E-state index in [1.165, 1.54) is 17.7 Å². The summed E-state index contributed by atoms with van der Waals surface area (Å²) in [6.45, 7) is 2.56. The average molecular weight is 599 g/mol. The number of carbonyl (C=O) groups is 2. The summed E-state index contributed by atoms with van der Waals surface area (Å²) < 4.78 is 32.8. The van der Waals surface area contributed by atoms with Gasteiger partial charge in [-0.1, -0.05) is 24.3 Å². The summed E-state index contributed by atoms with van der Waals surface area (Å²) >= 11 is 0. The highest BCUT2D eigenvalue weighted by Crippen LogP contribution is 2.38. The summed E-state index contributed by atoms with van der Waals surface area (Å²) in [5.74, 6) is -0.439. The Morgan fingerprint density at radius 1 is 0.955 bits per heavy atom. The zero-order chi connectivity index (χ0) is 30.5. The summed E-state index contributed by atoms with van der Waals surface area (Å²) in [4.78, 5) is 29.8. The van der Waals surface area contributed by atoms with Crippen molar-refractivity contribution in [2.45, 2.75) is 38.1 Å². The van der Waals surface area contributed by atoms with Crippen LogP contribution in [0.2, 0.25) is 0 Å². The Balaban J connectivity index is 1.12. The van der Waals surface area contributed by atoms with E-state index in [1.807, 2.05) is 24.3 Å². The minimum absolute atomic E-state index is 0.0519. The first kappa shape index (κ1) is 29.4. The van der Waals surface area contributed by atoms with Gasteiger partial charge in [-0.3, -0.25) is 14.6 Å². The lowest BCUT2D eigenvalue weighted by molar-refractivity contribution is -0.136. The highest BCUT2D eigenvalue weighted by Gasteiger charge is 2.25. The van der Waals surface area contributed by atoms with Crippen LogP contribution < -0.4 is 30.2 Å². The number of methoxy groups -OCH3 is 1. The van der Waals surface area contributed by atoms with Crippen molar-refractivity contribution >= 4 is 28.4 Å². The Morgan fingerprint density at radius 2 is 1.80 bits per heavy atom. The number of aromatic nitrogens is 1. The zero-order valence-corrected chi connectivity index (χ0v) is 24.5. The molecule has 3 N–H and O–H groups in total. The SMILES string of the molecule is COc1cc2c(Oc3ccc(NC(=O)C(=O)N[C@@H]4CCCc5ccccc54)cc3F)ccnc2cc1OCC1CCNCC1. The molecule has 0 bridgehead atoms. The van der Waals surface area contributed by atoms with Crippen LogP contribution in [0.1, 0.15) is 42.9 Å². The number of hydrogen-bond donors (Lipinski definition) is 3. The van der Waals surface area contributed by atoms with Crippen LogP contribution >= 0.6 is 0 Å². The normalized spacial score (nSPS) is 16.5. The second kappa shape index (κ2) is 13.3. The summed E-state index contributed by atoms with van der Waals surface area (Å²) in [5, 5.41) is 9.27. The van der Waals surface area contributed by atoms with Gasteiger partial charge in [0.1, 0.15) is 5.75 Å². The highest BCUT2D eigenvalue weighted by atomic mass is 19.1. The number of pyridine rings is 1. The van der Waals surface area contributed by atoms with Crippen LogP contribution in [0.4, 0.5) is 10.1 Å². The Bertz CT molecular complexity index is 1670. The number of hydrogen-bond acceptors (Lipinski definition) is 7. The number of anilines is 1. The molecule has 3 aromatic carbocycles. The number of piperidine rings is 1. The molecule has 2 amide bonds. The molecule has 4 aromatic rings. The molecule has 1 atom stereocenters. The van der Waals surface area contributed by atoms with Gasteiger partial charge in [-0.05, 0) is 86.5 Å². The molecule has 0 saturated carbocycles. The number of aryl methyl sites for hydroxylation is 1. The van der Waals surface area contributed by atoms with E-state index in [1.54, 1.807) is 31.5 Å². The molecule has 44 heavy (non-hydrogen) atoms. The van der Waals surface area contributed by atoms with Gasteiger partial charge < -0.3 is 30.2 Å². The molecule has 2 aliphatic rings. The van der Waals surface area contributed by atoms with Gasteiger partial charge in [0.25, 0.3) is 0 Å². The molecule has 1 aliphatic heterocycles. The molecule has 0 unspecified atom stereocenters. The minimum Gasteiger partial charge on any atom is -0.493 e. The van der Waals surface area contributed by atoms with Gasteiger partial charge in [-0.15, -0.1) is 0 Å². The molecule has 0 spiro atoms. The van der Waals surface area contributed by atoms with E-state index in [4.69, 9.17) is 14.2 Å². The fourth-order valence-corrected chi connectivity index (χ4v) is 5.84. The van der Waals surface area contributed by atoms with Crippen molar-refractivity contribution < 1.29 is 28.2 Å². The average Bonchev–Trinajstić information content (AvgIpc) is 3.05. The lowest BCUT2D eigenvalue weighted by Crippen LogP contribution is -2.38. The molecular weight excluding hydrogens is 563 g/mol. The van der Waals surface area contributed by atoms with Crippen LogP contribution in [0.25, 0.3) is 10.9 Å². The van der Waals surface area contributed by atoms with Crippen molar-refractivity contribution in [3.8, 4) is 23.0 Å². The van der Waals surface area contributed by atoms with Crippen LogP contribution in [0.3, 0.4) is 0 Å². The minimum atomic E-state index is -0.869. The standard InChI is InChI=1S/C34H35FN4O5/c1-42-31-18-25-28(19-32(31)43-20-21-11-14-36-15-12-21)37-16-13-29(25)44-30-10-9-23(17-26(30)35)38-33(40)34(41)39-27-8-4-6-22-5-2-3-7-24(22)27/h2-3,5,7,9-10,13,16-19,21,27,36H,4,6,8,11-12,14-15,20H2,1H3,(H,38,40)(H,39,41)/t27-/m1/s1. The van der Waals surface area contributed by atoms with E-state index < -0.39 is 17.6 Å². The molecular formula is C34H35FN4O5. The molecule has 1 aromatic heterocycles. The van der Waals surface area contributed by atoms with E-state index in [0.29, 0.717) is 40.7 Å². The third kappa shape index (κ3) is 6.60. The van der Waals surface area contributed by atoms with Crippen LogP contribution in [0.5, 0.6) is 23.0 Å². The van der Waals surface area contributed by atoms with E-state index >= 15 is 4.39 Å². The predicted octanol–water partition coefficient (Wildman–Crippen LogP) is 5.69. The number of rotatable bonds is 8. The highest BCUT2D eigenvalue weighted by molar-refractivity contribution is 6.39. The van der Waals surface area contributed by atoms with Crippen LogP contribution in [-0.4, -0.2) is 43.6 Å². The topological polar surface area (TPSA) is 111 Å². The molecule has 6 rings (SSSR count). The summed E-state index contributed by atoms with van der Waals surface area (Å²) in [6.07, 6.45) is 6.31. The second-order valence-corrected chi connectivity index (χ2v) is 11.2. The summed E-state index contributed by atoms with van der Waals surface area (Å²) in [7, 11) is 1.57. The fraction of sp³-hybridized carbons (Fsp3) is 0.324. The number of nitrogens with one attached hydrogen (secondary N) is 3. The molecule has 2 heterocycles. The number of amides is 2. The maximum atomic E-state index is 15.2. The lowest BCUT2D eigenvalue weighted by atomic mass is 9.88. The maximum Gasteiger partial charge on any atom is 0.313 e. The molecule has 9 nitrogen and oxygen atoms in total. The van der Waals surface area contributed by atoms with Gasteiger partial charge in [0.15, 0.2) is 23.1 Å². The number of benzene rings is 3. The van der Waals surface area contributed by atoms with Crippen LogP contribution in [-0.2, 0) is 16.0 Å². The fourth-order valence-electron chi connectivity index (χ4n) is 5.84. The van der Waals surface area contributed by atoms with E-state index in [-0.39, 0.29) is 17.5 Å². The van der Waals surface area contributed by atoms with Crippen molar-refractivity contribution in [3.63, 3.8) is 0 Å². The molecule has 0 radical (unpaired) electrons. The third-order valence-corrected chi connectivity index (χ3v) is 8.21. The number of nitrogens with zero attached hydrogens (tertiary/aromatic N) is 1. The molecule has 1 fully saturated rings. The predicted molar refractivity (Wildman–Crippen MR) is 165 cm³/mol. The van der Waals surface area contributed by atoms with Gasteiger partial charge in [-0.2, -0.15) is 0 Å². The van der Waals surface area contributed by atoms with Gasteiger partial charge in [0, 0.05) is 29.4 Å². The Labute approximate surface area is 255 Å². The van der Waals surface area contributed by atoms with Gasteiger partial charge >= 0.3 is 11.8 Å². The van der Waals surface area contributed by atoms with E-state index in [9.17, 15) is 9.59 Å². The van der Waals surface area contributed by atoms with Crippen molar-refractivity contribution in [3.05, 3.63) is 83.8 Å². The Hall–Kier alpha value is -4.70. The molecule has 1 saturated heterocycles.